The molecule has 0 aromatic carbocycles. The van der Waals surface area contributed by atoms with Gasteiger partial charge in [0.15, 0.2) is 0 Å². The normalized spacial score (nSPS) is 13.9. The number of thioether (sulfide) groups is 1. The minimum atomic E-state index is 0.745. The second kappa shape index (κ2) is 5.49. The minimum absolute atomic E-state index is 0.745. The van der Waals surface area contributed by atoms with Crippen molar-refractivity contribution in [2.45, 2.75) is 32.4 Å². The molecular weight excluding hydrogens is 116 g/mol. The highest BCUT2D eigenvalue weighted by Gasteiger charge is 1.95. The van der Waals surface area contributed by atoms with Gasteiger partial charge in [0.25, 0.3) is 0 Å². The Labute approximate surface area is 57.1 Å². The van der Waals surface area contributed by atoms with Crippen molar-refractivity contribution in [1.29, 1.82) is 0 Å². The maximum atomic E-state index is 2.24. The number of hydrogen-bond acceptors (Lipinski definition) is 1. The number of rotatable bonds is 4. The van der Waals surface area contributed by atoms with Crippen LogP contribution < -0.4 is 0 Å². The molecule has 0 saturated carbocycles. The van der Waals surface area contributed by atoms with Gasteiger partial charge in [-0.1, -0.05) is 20.8 Å². The van der Waals surface area contributed by atoms with E-state index in [1.807, 2.05) is 11.8 Å². The third-order valence-corrected chi connectivity index (χ3v) is 2.50. The van der Waals surface area contributed by atoms with Crippen LogP contribution in [0.3, 0.4) is 0 Å². The summed E-state index contributed by atoms with van der Waals surface area (Å²) in [6, 6.07) is 0. The van der Waals surface area contributed by atoms with E-state index in [2.05, 4.69) is 27.2 Å². The molecule has 0 aliphatic carbocycles. The van der Waals surface area contributed by atoms with Crippen LogP contribution in [0.1, 0.15) is 27.2 Å². The van der Waals surface area contributed by atoms with Crippen LogP contribution in [-0.2, 0) is 0 Å². The van der Waals surface area contributed by atoms with Crippen LogP contribution in [0.2, 0.25) is 0 Å². The lowest BCUT2D eigenvalue weighted by Crippen LogP contribution is -1.93. The highest BCUT2D eigenvalue weighted by Crippen LogP contribution is 2.12. The van der Waals surface area contributed by atoms with Crippen LogP contribution in [0, 0.1) is 6.42 Å². The molecule has 49 valence electrons. The highest BCUT2D eigenvalue weighted by molar-refractivity contribution is 7.99. The molecule has 1 atom stereocenters. The lowest BCUT2D eigenvalue weighted by atomic mass is 10.4. The quantitative estimate of drug-likeness (QED) is 0.565. The predicted octanol–water partition coefficient (Wildman–Crippen LogP) is 2.74. The highest BCUT2D eigenvalue weighted by atomic mass is 32.2. The van der Waals surface area contributed by atoms with Crippen LogP contribution >= 0.6 is 11.8 Å². The summed E-state index contributed by atoms with van der Waals surface area (Å²) in [5, 5.41) is 0.745. The van der Waals surface area contributed by atoms with E-state index in [1.54, 1.807) is 0 Å². The summed E-state index contributed by atoms with van der Waals surface area (Å²) in [6.07, 6.45) is 3.53. The second-order valence-corrected chi connectivity index (χ2v) is 3.39. The van der Waals surface area contributed by atoms with Crippen molar-refractivity contribution in [3.05, 3.63) is 6.42 Å². The van der Waals surface area contributed by atoms with Gasteiger partial charge in [-0.3, -0.25) is 0 Å². The first-order valence-electron chi connectivity index (χ1n) is 3.22. The largest absolute Gasteiger partial charge is 0.159 e. The third-order valence-electron chi connectivity index (χ3n) is 1.05. The molecule has 0 saturated heterocycles. The lowest BCUT2D eigenvalue weighted by Gasteiger charge is -2.04. The zero-order chi connectivity index (χ0) is 6.41. The van der Waals surface area contributed by atoms with Gasteiger partial charge in [-0.05, 0) is 18.6 Å². The van der Waals surface area contributed by atoms with Crippen molar-refractivity contribution in [1.82, 2.24) is 0 Å². The van der Waals surface area contributed by atoms with E-state index >= 15 is 0 Å². The Balaban J connectivity index is 2.86. The van der Waals surface area contributed by atoms with Crippen LogP contribution in [-0.4, -0.2) is 11.0 Å². The molecule has 0 aliphatic rings. The van der Waals surface area contributed by atoms with Gasteiger partial charge in [0.05, 0.1) is 0 Å². The molecule has 8 heavy (non-hydrogen) atoms. The fourth-order valence-electron chi connectivity index (χ4n) is 0.400. The SMILES string of the molecule is C[CH]C(C)SCCC. The monoisotopic (exact) mass is 131 g/mol. The Hall–Kier alpha value is 0.350. The smallest absolute Gasteiger partial charge is 0.00472 e. The molecule has 0 rings (SSSR count). The minimum Gasteiger partial charge on any atom is -0.159 e. The van der Waals surface area contributed by atoms with E-state index in [1.165, 1.54) is 12.2 Å². The van der Waals surface area contributed by atoms with E-state index in [4.69, 9.17) is 0 Å². The predicted molar refractivity (Wildman–Crippen MR) is 42.2 cm³/mol. The molecule has 0 N–H and O–H groups in total. The molecule has 0 nitrogen and oxygen atoms in total. The maximum Gasteiger partial charge on any atom is 0.00472 e. The lowest BCUT2D eigenvalue weighted by molar-refractivity contribution is 1.07. The van der Waals surface area contributed by atoms with E-state index in [9.17, 15) is 0 Å². The van der Waals surface area contributed by atoms with Crippen molar-refractivity contribution in [2.24, 2.45) is 0 Å². The van der Waals surface area contributed by atoms with Crippen LogP contribution in [0.25, 0.3) is 0 Å². The second-order valence-electron chi connectivity index (χ2n) is 1.91. The third kappa shape index (κ3) is 4.51. The van der Waals surface area contributed by atoms with E-state index in [-0.39, 0.29) is 0 Å². The molecule has 0 aromatic rings. The average Bonchev–Trinajstić information content (AvgIpc) is 1.83. The first-order valence-corrected chi connectivity index (χ1v) is 4.27. The van der Waals surface area contributed by atoms with Crippen LogP contribution in [0.4, 0.5) is 0 Å². The van der Waals surface area contributed by atoms with Crippen molar-refractivity contribution in [2.75, 3.05) is 5.75 Å². The Kier molecular flexibility index (Phi) is 5.73. The van der Waals surface area contributed by atoms with E-state index < -0.39 is 0 Å². The topological polar surface area (TPSA) is 0 Å². The van der Waals surface area contributed by atoms with Crippen LogP contribution in [0.15, 0.2) is 0 Å². The Morgan fingerprint density at radius 3 is 2.62 bits per heavy atom. The Morgan fingerprint density at radius 1 is 1.62 bits per heavy atom. The zero-order valence-electron chi connectivity index (χ0n) is 5.98. The fourth-order valence-corrected chi connectivity index (χ4v) is 1.20. The van der Waals surface area contributed by atoms with Gasteiger partial charge >= 0.3 is 0 Å². The molecule has 1 radical (unpaired) electrons. The number of hydrogen-bond donors (Lipinski definition) is 0. The van der Waals surface area contributed by atoms with Gasteiger partial charge in [-0.25, -0.2) is 0 Å². The fraction of sp³-hybridized carbons (Fsp3) is 0.857. The molecule has 0 fully saturated rings. The summed E-state index contributed by atoms with van der Waals surface area (Å²) in [6.45, 7) is 6.57. The first-order chi connectivity index (χ1) is 3.81. The first kappa shape index (κ1) is 8.35. The van der Waals surface area contributed by atoms with Gasteiger partial charge in [0.2, 0.25) is 0 Å². The van der Waals surface area contributed by atoms with Gasteiger partial charge in [-0.2, -0.15) is 11.8 Å². The average molecular weight is 131 g/mol. The Bertz CT molecular complexity index is 43.7. The Morgan fingerprint density at radius 2 is 2.25 bits per heavy atom. The molecule has 0 aliphatic heterocycles. The molecule has 1 unspecified atom stereocenters. The van der Waals surface area contributed by atoms with Crippen molar-refractivity contribution >= 4 is 11.8 Å². The molecule has 1 heteroatoms. The van der Waals surface area contributed by atoms with E-state index in [0.29, 0.717) is 0 Å². The maximum absolute atomic E-state index is 2.24. The van der Waals surface area contributed by atoms with Gasteiger partial charge in [-0.15, -0.1) is 0 Å². The van der Waals surface area contributed by atoms with Crippen LogP contribution in [0.5, 0.6) is 0 Å². The van der Waals surface area contributed by atoms with Crippen molar-refractivity contribution < 1.29 is 0 Å². The van der Waals surface area contributed by atoms with Crippen molar-refractivity contribution in [3.63, 3.8) is 0 Å². The summed E-state index contributed by atoms with van der Waals surface area (Å²) in [5.74, 6) is 1.30. The zero-order valence-corrected chi connectivity index (χ0v) is 6.79. The molecule has 0 spiro atoms. The molecule has 0 heterocycles. The summed E-state index contributed by atoms with van der Waals surface area (Å²) < 4.78 is 0. The van der Waals surface area contributed by atoms with Crippen molar-refractivity contribution in [3.8, 4) is 0 Å². The summed E-state index contributed by atoms with van der Waals surface area (Å²) >= 11 is 2.02. The van der Waals surface area contributed by atoms with Gasteiger partial charge in [0, 0.05) is 5.25 Å². The summed E-state index contributed by atoms with van der Waals surface area (Å²) in [5.41, 5.74) is 0. The summed E-state index contributed by atoms with van der Waals surface area (Å²) in [7, 11) is 0. The molecular formula is C7H15S. The van der Waals surface area contributed by atoms with E-state index in [0.717, 1.165) is 5.25 Å². The molecule has 0 amide bonds. The molecule has 0 bridgehead atoms. The summed E-state index contributed by atoms with van der Waals surface area (Å²) in [4.78, 5) is 0. The molecule has 0 aromatic heterocycles. The van der Waals surface area contributed by atoms with Gasteiger partial charge < -0.3 is 0 Å². The standard InChI is InChI=1S/C7H15S/c1-4-6-8-7(3)5-2/h5,7H,4,6H2,1-3H3. The van der Waals surface area contributed by atoms with Gasteiger partial charge in [0.1, 0.15) is 0 Å².